The van der Waals surface area contributed by atoms with Crippen LogP contribution < -0.4 is 0 Å². The zero-order valence-corrected chi connectivity index (χ0v) is 24.8. The van der Waals surface area contributed by atoms with E-state index in [1.165, 1.54) is 24.9 Å². The summed E-state index contributed by atoms with van der Waals surface area (Å²) in [4.78, 5) is 33.4. The summed E-state index contributed by atoms with van der Waals surface area (Å²) in [6.07, 6.45) is -0.830. The summed E-state index contributed by atoms with van der Waals surface area (Å²) in [7, 11) is 3.10. The Kier molecular flexibility index (Phi) is 15.6. The van der Waals surface area contributed by atoms with Gasteiger partial charge in [0, 0.05) is 38.3 Å². The molecule has 0 atom stereocenters. The van der Waals surface area contributed by atoms with Crippen molar-refractivity contribution in [2.45, 2.75) is 46.5 Å². The highest BCUT2D eigenvalue weighted by molar-refractivity contribution is 6.30. The number of ether oxygens (including phenoxy) is 3. The van der Waals surface area contributed by atoms with E-state index < -0.39 is 12.3 Å². The number of nitrogens with zero attached hydrogens (tertiary/aromatic N) is 4. The molecular formula is C28H38ClF3N4O5. The van der Waals surface area contributed by atoms with Gasteiger partial charge in [0.25, 0.3) is 5.91 Å². The standard InChI is InChI=1S/C28H38ClF3N4O5/c1-7-9-24(41-28(30,31)32)17-21(3)40-16-15-39-20-36(18-22-10-12-23(29)13-11-22)25(26(33-4)35(6)19-37)27(38)34(5)14-8-2/h9-13,17,19H,4,7-8,14-16,18,20H2,1-3,5-6H3/b21-17+,24-9+,26-25+. The molecule has 0 bridgehead atoms. The van der Waals surface area contributed by atoms with Gasteiger partial charge in [-0.25, -0.2) is 4.99 Å². The van der Waals surface area contributed by atoms with E-state index in [4.69, 9.17) is 21.1 Å². The predicted octanol–water partition coefficient (Wildman–Crippen LogP) is 5.69. The van der Waals surface area contributed by atoms with Crippen LogP contribution in [0.1, 0.15) is 39.2 Å². The van der Waals surface area contributed by atoms with Gasteiger partial charge in [0.2, 0.25) is 6.41 Å². The Hall–Kier alpha value is -3.51. The summed E-state index contributed by atoms with van der Waals surface area (Å²) in [5.41, 5.74) is 0.893. The van der Waals surface area contributed by atoms with Gasteiger partial charge in [-0.3, -0.25) is 9.59 Å². The molecule has 0 aliphatic carbocycles. The summed E-state index contributed by atoms with van der Waals surface area (Å²) in [6.45, 7) is 9.24. The zero-order chi connectivity index (χ0) is 31.0. The zero-order valence-electron chi connectivity index (χ0n) is 24.0. The number of carbonyl (C=O) groups is 2. The minimum absolute atomic E-state index is 0.00603. The van der Waals surface area contributed by atoms with Crippen LogP contribution in [0.3, 0.4) is 0 Å². The lowest BCUT2D eigenvalue weighted by atomic mass is 10.2. The van der Waals surface area contributed by atoms with Gasteiger partial charge in [-0.2, -0.15) is 0 Å². The molecule has 0 aliphatic rings. The van der Waals surface area contributed by atoms with Gasteiger partial charge in [0.15, 0.2) is 5.82 Å². The minimum atomic E-state index is -4.82. The van der Waals surface area contributed by atoms with E-state index in [1.807, 2.05) is 6.92 Å². The second-order valence-electron chi connectivity index (χ2n) is 8.80. The maximum atomic E-state index is 13.6. The number of likely N-dealkylation sites (N-methyl/N-ethyl adjacent to an activating group) is 1. The first-order valence-electron chi connectivity index (χ1n) is 12.8. The first-order valence-corrected chi connectivity index (χ1v) is 13.2. The number of alkyl halides is 3. The third-order valence-electron chi connectivity index (χ3n) is 5.35. The third kappa shape index (κ3) is 13.1. The van der Waals surface area contributed by atoms with Crippen molar-refractivity contribution < 1.29 is 37.0 Å². The van der Waals surface area contributed by atoms with Crippen LogP contribution in [0, 0.1) is 0 Å². The first kappa shape index (κ1) is 35.5. The number of benzene rings is 1. The topological polar surface area (TPSA) is 83.9 Å². The van der Waals surface area contributed by atoms with Gasteiger partial charge >= 0.3 is 6.36 Å². The predicted molar refractivity (Wildman–Crippen MR) is 151 cm³/mol. The quantitative estimate of drug-likeness (QED) is 0.0408. The summed E-state index contributed by atoms with van der Waals surface area (Å²) in [6, 6.07) is 7.00. The van der Waals surface area contributed by atoms with E-state index in [0.717, 1.165) is 16.5 Å². The van der Waals surface area contributed by atoms with E-state index in [2.05, 4.69) is 16.4 Å². The molecule has 1 rings (SSSR count). The fourth-order valence-corrected chi connectivity index (χ4v) is 3.66. The molecule has 0 spiro atoms. The second-order valence-corrected chi connectivity index (χ2v) is 9.24. The number of carbonyl (C=O) groups excluding carboxylic acids is 2. The monoisotopic (exact) mass is 602 g/mol. The minimum Gasteiger partial charge on any atom is -0.496 e. The van der Waals surface area contributed by atoms with Crippen molar-refractivity contribution in [1.82, 2.24) is 14.7 Å². The summed E-state index contributed by atoms with van der Waals surface area (Å²) < 4.78 is 53.2. The van der Waals surface area contributed by atoms with Crippen LogP contribution in [0.4, 0.5) is 13.2 Å². The molecule has 2 amide bonds. The number of aliphatic imine (C=N–C) groups is 1. The van der Waals surface area contributed by atoms with E-state index >= 15 is 0 Å². The fraction of sp³-hybridized carbons (Fsp3) is 0.464. The molecule has 0 saturated carbocycles. The fourth-order valence-electron chi connectivity index (χ4n) is 3.54. The second kappa shape index (κ2) is 18.0. The Balaban J connectivity index is 3.18. The molecule has 9 nitrogen and oxygen atoms in total. The van der Waals surface area contributed by atoms with E-state index in [1.54, 1.807) is 43.1 Å². The van der Waals surface area contributed by atoms with Crippen molar-refractivity contribution in [2.24, 2.45) is 4.99 Å². The Bertz CT molecular complexity index is 1090. The molecular weight excluding hydrogens is 565 g/mol. The Labute approximate surface area is 244 Å². The van der Waals surface area contributed by atoms with Gasteiger partial charge in [-0.1, -0.05) is 37.6 Å². The SMILES string of the molecule is C=N/C(=C(/C(=O)N(C)CCC)N(COCCO/C(C)=C/C(=C\CC)OC(F)(F)F)Cc1ccc(Cl)cc1)N(C)C=O. The van der Waals surface area contributed by atoms with E-state index in [-0.39, 0.29) is 49.5 Å². The largest absolute Gasteiger partial charge is 0.573 e. The highest BCUT2D eigenvalue weighted by Crippen LogP contribution is 2.23. The lowest BCUT2D eigenvalue weighted by Gasteiger charge is -2.31. The number of hydrogen-bond acceptors (Lipinski definition) is 7. The van der Waals surface area contributed by atoms with Crippen molar-refractivity contribution in [1.29, 1.82) is 0 Å². The van der Waals surface area contributed by atoms with Crippen LogP contribution in [-0.2, 0) is 30.3 Å². The molecule has 0 saturated heterocycles. The lowest BCUT2D eigenvalue weighted by Crippen LogP contribution is -2.40. The van der Waals surface area contributed by atoms with Crippen molar-refractivity contribution in [3.63, 3.8) is 0 Å². The van der Waals surface area contributed by atoms with Gasteiger partial charge in [-0.15, -0.1) is 13.2 Å². The van der Waals surface area contributed by atoms with Crippen LogP contribution in [0.2, 0.25) is 5.02 Å². The molecule has 0 unspecified atom stereocenters. The Morgan fingerprint density at radius 2 is 1.80 bits per heavy atom. The maximum absolute atomic E-state index is 13.6. The van der Waals surface area contributed by atoms with E-state index in [0.29, 0.717) is 30.8 Å². The highest BCUT2D eigenvalue weighted by atomic mass is 35.5. The smallest absolute Gasteiger partial charge is 0.496 e. The van der Waals surface area contributed by atoms with Crippen molar-refractivity contribution >= 4 is 30.6 Å². The number of hydrogen-bond donors (Lipinski definition) is 0. The molecule has 228 valence electrons. The van der Waals surface area contributed by atoms with Crippen LogP contribution in [-0.4, -0.2) is 80.7 Å². The molecule has 13 heteroatoms. The maximum Gasteiger partial charge on any atom is 0.573 e. The molecule has 0 fully saturated rings. The number of allylic oxidation sites excluding steroid dienone is 3. The van der Waals surface area contributed by atoms with Crippen LogP contribution in [0.5, 0.6) is 0 Å². The van der Waals surface area contributed by atoms with Crippen molar-refractivity contribution in [2.75, 3.05) is 40.6 Å². The van der Waals surface area contributed by atoms with E-state index in [9.17, 15) is 22.8 Å². The summed E-state index contributed by atoms with van der Waals surface area (Å²) in [5.74, 6) is -0.532. The number of halogens is 4. The molecule has 0 heterocycles. The van der Waals surface area contributed by atoms with Crippen molar-refractivity contribution in [3.05, 3.63) is 70.0 Å². The molecule has 0 radical (unpaired) electrons. The lowest BCUT2D eigenvalue weighted by molar-refractivity contribution is -0.303. The Morgan fingerprint density at radius 3 is 2.34 bits per heavy atom. The van der Waals surface area contributed by atoms with Gasteiger partial charge in [-0.05, 0) is 50.3 Å². The van der Waals surface area contributed by atoms with Crippen molar-refractivity contribution in [3.8, 4) is 0 Å². The normalized spacial score (nSPS) is 12.8. The summed E-state index contributed by atoms with van der Waals surface area (Å²) in [5, 5.41) is 0.540. The Morgan fingerprint density at radius 1 is 1.15 bits per heavy atom. The van der Waals surface area contributed by atoms with Crippen LogP contribution in [0.25, 0.3) is 0 Å². The average molecular weight is 603 g/mol. The van der Waals surface area contributed by atoms with Crippen LogP contribution in [0.15, 0.2) is 64.4 Å². The summed E-state index contributed by atoms with van der Waals surface area (Å²) >= 11 is 6.03. The number of amides is 2. The first-order chi connectivity index (χ1) is 19.4. The van der Waals surface area contributed by atoms with Gasteiger partial charge in [0.1, 0.15) is 24.8 Å². The van der Waals surface area contributed by atoms with Gasteiger partial charge < -0.3 is 28.9 Å². The molecule has 1 aromatic rings. The van der Waals surface area contributed by atoms with Gasteiger partial charge in [0.05, 0.1) is 12.4 Å². The number of rotatable bonds is 18. The third-order valence-corrected chi connectivity index (χ3v) is 5.61. The molecule has 1 aromatic carbocycles. The molecule has 0 aliphatic heterocycles. The molecule has 41 heavy (non-hydrogen) atoms. The molecule has 0 aromatic heterocycles. The molecule has 0 N–H and O–H groups in total. The van der Waals surface area contributed by atoms with Crippen LogP contribution >= 0.6 is 11.6 Å². The highest BCUT2D eigenvalue weighted by Gasteiger charge is 2.31. The average Bonchev–Trinajstić information content (AvgIpc) is 2.90.